The van der Waals surface area contributed by atoms with Crippen molar-refractivity contribution in [3.63, 3.8) is 0 Å². The van der Waals surface area contributed by atoms with E-state index in [9.17, 15) is 13.2 Å². The molecule has 0 saturated heterocycles. The Morgan fingerprint density at radius 1 is 1.35 bits per heavy atom. The van der Waals surface area contributed by atoms with Gasteiger partial charge in [-0.1, -0.05) is 6.07 Å². The van der Waals surface area contributed by atoms with Gasteiger partial charge >= 0.3 is 6.18 Å². The van der Waals surface area contributed by atoms with Crippen LogP contribution in [0.15, 0.2) is 18.2 Å². The smallest absolute Gasteiger partial charge is 0.352 e. The molecular formula is C11H14F3N3. The maximum absolute atomic E-state index is 12.5. The Bertz CT molecular complexity index is 388. The van der Waals surface area contributed by atoms with Gasteiger partial charge < -0.3 is 10.6 Å². The minimum atomic E-state index is -4.39. The first kappa shape index (κ1) is 12.2. The van der Waals surface area contributed by atoms with Crippen molar-refractivity contribution in [2.24, 2.45) is 5.73 Å². The molecule has 94 valence electrons. The van der Waals surface area contributed by atoms with E-state index in [1.54, 1.807) is 6.07 Å². The van der Waals surface area contributed by atoms with E-state index in [0.29, 0.717) is 24.9 Å². The van der Waals surface area contributed by atoms with E-state index in [2.05, 4.69) is 4.98 Å². The molecule has 0 bridgehead atoms. The third kappa shape index (κ3) is 2.88. The summed E-state index contributed by atoms with van der Waals surface area (Å²) in [5.41, 5.74) is 4.62. The van der Waals surface area contributed by atoms with Crippen LogP contribution in [0.3, 0.4) is 0 Å². The Hall–Kier alpha value is -1.30. The van der Waals surface area contributed by atoms with Gasteiger partial charge in [0.2, 0.25) is 0 Å². The minimum Gasteiger partial charge on any atom is -0.352 e. The molecule has 2 rings (SSSR count). The average molecular weight is 245 g/mol. The number of anilines is 1. The van der Waals surface area contributed by atoms with Crippen molar-refractivity contribution >= 4 is 5.82 Å². The van der Waals surface area contributed by atoms with Crippen molar-refractivity contribution in [1.82, 2.24) is 4.98 Å². The molecular weight excluding hydrogens is 231 g/mol. The van der Waals surface area contributed by atoms with Crippen molar-refractivity contribution in [2.45, 2.75) is 25.1 Å². The number of pyridine rings is 1. The summed E-state index contributed by atoms with van der Waals surface area (Å²) in [4.78, 5) is 5.53. The Morgan fingerprint density at radius 3 is 2.59 bits per heavy atom. The minimum absolute atomic E-state index is 0.300. The second kappa shape index (κ2) is 4.52. The number of hydrogen-bond donors (Lipinski definition) is 1. The van der Waals surface area contributed by atoms with Crippen LogP contribution in [0.25, 0.3) is 0 Å². The Balaban J connectivity index is 2.24. The summed E-state index contributed by atoms with van der Waals surface area (Å²) in [5, 5.41) is 0. The average Bonchev–Trinajstić information content (AvgIpc) is 3.09. The molecule has 0 aliphatic heterocycles. The zero-order chi connectivity index (χ0) is 12.5. The van der Waals surface area contributed by atoms with Crippen molar-refractivity contribution in [3.05, 3.63) is 23.9 Å². The lowest BCUT2D eigenvalue weighted by Crippen LogP contribution is -2.32. The third-order valence-corrected chi connectivity index (χ3v) is 2.68. The van der Waals surface area contributed by atoms with Gasteiger partial charge in [0.1, 0.15) is 11.5 Å². The van der Waals surface area contributed by atoms with Gasteiger partial charge in [-0.3, -0.25) is 0 Å². The standard InChI is InChI=1S/C11H14F3N3/c12-11(13,14)9-2-1-3-10(16-9)17(7-6-15)8-4-5-8/h1-3,8H,4-7,15H2. The molecule has 0 spiro atoms. The Kier molecular flexibility index (Phi) is 3.24. The summed E-state index contributed by atoms with van der Waals surface area (Å²) >= 11 is 0. The Labute approximate surface area is 97.4 Å². The number of halogens is 3. The van der Waals surface area contributed by atoms with E-state index in [0.717, 1.165) is 18.9 Å². The van der Waals surface area contributed by atoms with Crippen molar-refractivity contribution < 1.29 is 13.2 Å². The highest BCUT2D eigenvalue weighted by Gasteiger charge is 2.34. The van der Waals surface area contributed by atoms with Crippen molar-refractivity contribution in [1.29, 1.82) is 0 Å². The predicted octanol–water partition coefficient (Wildman–Crippen LogP) is 2.03. The van der Waals surface area contributed by atoms with E-state index >= 15 is 0 Å². The number of alkyl halides is 3. The third-order valence-electron chi connectivity index (χ3n) is 2.68. The number of rotatable bonds is 4. The molecule has 1 aromatic rings. The molecule has 1 aromatic heterocycles. The normalized spacial score (nSPS) is 16.0. The van der Waals surface area contributed by atoms with Gasteiger partial charge in [-0.25, -0.2) is 4.98 Å². The van der Waals surface area contributed by atoms with Crippen LogP contribution < -0.4 is 10.6 Å². The van der Waals surface area contributed by atoms with Gasteiger partial charge in [0.25, 0.3) is 0 Å². The lowest BCUT2D eigenvalue weighted by atomic mass is 10.3. The second-order valence-corrected chi connectivity index (χ2v) is 4.09. The van der Waals surface area contributed by atoms with Crippen molar-refractivity contribution in [2.75, 3.05) is 18.0 Å². The molecule has 0 amide bonds. The summed E-state index contributed by atoms with van der Waals surface area (Å²) in [6, 6.07) is 4.27. The first-order chi connectivity index (χ1) is 8.02. The highest BCUT2D eigenvalue weighted by atomic mass is 19.4. The quantitative estimate of drug-likeness (QED) is 0.882. The summed E-state index contributed by atoms with van der Waals surface area (Å²) in [6.45, 7) is 0.952. The SMILES string of the molecule is NCCN(c1cccc(C(F)(F)F)n1)C1CC1. The lowest BCUT2D eigenvalue weighted by molar-refractivity contribution is -0.141. The lowest BCUT2D eigenvalue weighted by Gasteiger charge is -2.23. The van der Waals surface area contributed by atoms with Crippen molar-refractivity contribution in [3.8, 4) is 0 Å². The molecule has 0 unspecified atom stereocenters. The zero-order valence-corrected chi connectivity index (χ0v) is 9.24. The molecule has 6 heteroatoms. The molecule has 0 aromatic carbocycles. The van der Waals surface area contributed by atoms with E-state index < -0.39 is 11.9 Å². The number of aromatic nitrogens is 1. The van der Waals surface area contributed by atoms with E-state index in [-0.39, 0.29) is 0 Å². The van der Waals surface area contributed by atoms with E-state index in [1.807, 2.05) is 4.90 Å². The van der Waals surface area contributed by atoms with Crippen LogP contribution in [-0.4, -0.2) is 24.1 Å². The first-order valence-electron chi connectivity index (χ1n) is 5.53. The van der Waals surface area contributed by atoms with Gasteiger partial charge in [0, 0.05) is 19.1 Å². The second-order valence-electron chi connectivity index (χ2n) is 4.09. The monoisotopic (exact) mass is 245 g/mol. The van der Waals surface area contributed by atoms with Crippen LogP contribution in [0.1, 0.15) is 18.5 Å². The van der Waals surface area contributed by atoms with Crippen LogP contribution in [0, 0.1) is 0 Å². The summed E-state index contributed by atoms with van der Waals surface area (Å²) in [7, 11) is 0. The van der Waals surface area contributed by atoms with E-state index in [1.165, 1.54) is 6.07 Å². The molecule has 1 aliphatic rings. The molecule has 1 aliphatic carbocycles. The van der Waals surface area contributed by atoms with Crippen LogP contribution in [0.4, 0.5) is 19.0 Å². The zero-order valence-electron chi connectivity index (χ0n) is 9.24. The maximum atomic E-state index is 12.5. The molecule has 3 nitrogen and oxygen atoms in total. The van der Waals surface area contributed by atoms with Gasteiger partial charge in [-0.05, 0) is 25.0 Å². The fraction of sp³-hybridized carbons (Fsp3) is 0.545. The highest BCUT2D eigenvalue weighted by Crippen LogP contribution is 2.33. The fourth-order valence-corrected chi connectivity index (χ4v) is 1.75. The number of hydrogen-bond acceptors (Lipinski definition) is 3. The summed E-state index contributed by atoms with van der Waals surface area (Å²) in [6.07, 6.45) is -2.40. The predicted molar refractivity (Wildman–Crippen MR) is 58.7 cm³/mol. The fourth-order valence-electron chi connectivity index (χ4n) is 1.75. The van der Waals surface area contributed by atoms with Gasteiger partial charge in [0.15, 0.2) is 0 Å². The molecule has 2 N–H and O–H groups in total. The van der Waals surface area contributed by atoms with Crippen LogP contribution in [-0.2, 0) is 6.18 Å². The molecule has 1 fully saturated rings. The highest BCUT2D eigenvalue weighted by molar-refractivity contribution is 5.42. The summed E-state index contributed by atoms with van der Waals surface area (Å²) < 4.78 is 37.6. The maximum Gasteiger partial charge on any atom is 0.433 e. The molecule has 1 heterocycles. The van der Waals surface area contributed by atoms with Gasteiger partial charge in [0.05, 0.1) is 0 Å². The molecule has 0 atom stereocenters. The molecule has 1 saturated carbocycles. The largest absolute Gasteiger partial charge is 0.433 e. The molecule has 0 radical (unpaired) electrons. The van der Waals surface area contributed by atoms with Crippen LogP contribution >= 0.6 is 0 Å². The number of nitrogens with zero attached hydrogens (tertiary/aromatic N) is 2. The molecule has 17 heavy (non-hydrogen) atoms. The first-order valence-corrected chi connectivity index (χ1v) is 5.53. The van der Waals surface area contributed by atoms with Gasteiger partial charge in [-0.2, -0.15) is 13.2 Å². The van der Waals surface area contributed by atoms with Crippen LogP contribution in [0.2, 0.25) is 0 Å². The summed E-state index contributed by atoms with van der Waals surface area (Å²) in [5.74, 6) is 0.368. The van der Waals surface area contributed by atoms with Gasteiger partial charge in [-0.15, -0.1) is 0 Å². The topological polar surface area (TPSA) is 42.1 Å². The van der Waals surface area contributed by atoms with E-state index in [4.69, 9.17) is 5.73 Å². The Morgan fingerprint density at radius 2 is 2.06 bits per heavy atom. The van der Waals surface area contributed by atoms with Crippen LogP contribution in [0.5, 0.6) is 0 Å². The number of nitrogens with two attached hydrogens (primary N) is 1.